The first-order valence-corrected chi connectivity index (χ1v) is 9.79. The van der Waals surface area contributed by atoms with Crippen molar-refractivity contribution in [3.8, 4) is 0 Å². The van der Waals surface area contributed by atoms with Crippen LogP contribution in [-0.4, -0.2) is 12.0 Å². The van der Waals surface area contributed by atoms with Gasteiger partial charge in [0.2, 0.25) is 3.42 Å². The molecule has 0 spiro atoms. The molecule has 1 radical (unpaired) electrons. The monoisotopic (exact) mass is 774 g/mol. The van der Waals surface area contributed by atoms with Crippen LogP contribution in [0.3, 0.4) is 0 Å². The predicted octanol–water partition coefficient (Wildman–Crippen LogP) is 6.67. The van der Waals surface area contributed by atoms with Gasteiger partial charge in [-0.3, -0.25) is 0 Å². The largest absolute Gasteiger partial charge is 0.239 e. The highest BCUT2D eigenvalue weighted by atomic mass is 80.0. The lowest BCUT2D eigenvalue weighted by Gasteiger charge is -2.43. The Morgan fingerprint density at radius 2 is 0.857 bits per heavy atom. The molecule has 0 bridgehead atoms. The first-order valence-electron chi connectivity index (χ1n) is 2.65. The van der Waals surface area contributed by atoms with E-state index in [9.17, 15) is 5.11 Å². The zero-order valence-electron chi connectivity index (χ0n) is 5.81. The topological polar surface area (TPSA) is 19.9 Å². The van der Waals surface area contributed by atoms with Crippen LogP contribution in [0.25, 0.3) is 0 Å². The first-order chi connectivity index (χ1) is 5.75. The summed E-state index contributed by atoms with van der Waals surface area (Å²) in [6, 6.07) is 0. The van der Waals surface area contributed by atoms with Gasteiger partial charge >= 0.3 is 0 Å². The quantitative estimate of drug-likeness (QED) is 0.279. The number of halogens is 9. The van der Waals surface area contributed by atoms with E-state index in [4.69, 9.17) is 0 Å². The van der Waals surface area contributed by atoms with Crippen LogP contribution < -0.4 is 0 Å². The minimum atomic E-state index is -1.64. The fraction of sp³-hybridized carbons (Fsp3) is 1.00. The fourth-order valence-electron chi connectivity index (χ4n) is 0.361. The van der Waals surface area contributed by atoms with E-state index in [1.54, 1.807) is 0 Å². The number of rotatable bonds is 2. The zero-order valence-corrected chi connectivity index (χ0v) is 20.1. The van der Waals surface area contributed by atoms with Gasteiger partial charge in [-0.15, -0.1) is 0 Å². The molecule has 0 aliphatic carbocycles. The summed E-state index contributed by atoms with van der Waals surface area (Å²) >= 11 is 29.3. The molecule has 0 rings (SSSR count). The van der Waals surface area contributed by atoms with Crippen molar-refractivity contribution >= 4 is 143 Å². The number of hydrogen-bond donors (Lipinski definition) is 0. The molecule has 0 aromatic heterocycles. The molecule has 0 saturated carbocycles. The minimum absolute atomic E-state index is 0.746. The molecule has 10 heteroatoms. The van der Waals surface area contributed by atoms with E-state index in [1.807, 2.05) is 0 Å². The van der Waals surface area contributed by atoms with E-state index in [-0.39, 0.29) is 0 Å². The predicted molar refractivity (Wildman–Crippen MR) is 92.0 cm³/mol. The summed E-state index contributed by atoms with van der Waals surface area (Å²) in [5, 5.41) is 11.8. The van der Waals surface area contributed by atoms with Crippen LogP contribution in [0.15, 0.2) is 0 Å². The highest BCUT2D eigenvalue weighted by Gasteiger charge is 2.65. The molecule has 0 aliphatic heterocycles. The smallest absolute Gasteiger partial charge is 0.202 e. The first kappa shape index (κ1) is 18.3. The summed E-state index contributed by atoms with van der Waals surface area (Å²) in [7, 11) is 0. The molecule has 0 heterocycles. The molecule has 0 N–H and O–H groups in total. The molecular formula is C4Br9O. The van der Waals surface area contributed by atoms with Crippen LogP contribution in [-0.2, 0) is 5.11 Å². The van der Waals surface area contributed by atoms with E-state index in [0.29, 0.717) is 0 Å². The van der Waals surface area contributed by atoms with Gasteiger partial charge in [0.05, 0.1) is 0 Å². The summed E-state index contributed by atoms with van der Waals surface area (Å²) in [6.45, 7) is 0. The summed E-state index contributed by atoms with van der Waals surface area (Å²) in [4.78, 5) is 0. The minimum Gasteiger partial charge on any atom is -0.202 e. The Labute approximate surface area is 157 Å². The molecule has 0 fully saturated rings. The van der Waals surface area contributed by atoms with Gasteiger partial charge in [-0.1, -0.05) is 112 Å². The zero-order chi connectivity index (χ0) is 12.0. The molecule has 0 atom stereocenters. The van der Waals surface area contributed by atoms with Crippen molar-refractivity contribution in [2.24, 2.45) is 0 Å². The van der Waals surface area contributed by atoms with E-state index >= 15 is 0 Å². The van der Waals surface area contributed by atoms with Crippen molar-refractivity contribution in [2.75, 3.05) is 0 Å². The molecule has 0 aromatic rings. The second-order valence-electron chi connectivity index (χ2n) is 2.16. The molecular weight excluding hydrogens is 783 g/mol. The standard InChI is InChI=1S/C4Br9O/c5-1(6,3(9,10)11)2(7,8)4(12,13)14. The normalized spacial score (nSPS) is 15.9. The SMILES string of the molecule is [O]C(Br)(Br)C(Br)(Br)C(Br)(Br)C(Br)(Br)Br. The molecule has 1 nitrogen and oxygen atoms in total. The maximum Gasteiger partial charge on any atom is 0.239 e. The number of hydrogen-bond acceptors (Lipinski definition) is 0. The van der Waals surface area contributed by atoms with Crippen LogP contribution in [0.1, 0.15) is 0 Å². The molecule has 85 valence electrons. The maximum absolute atomic E-state index is 11.8. The second-order valence-corrected chi connectivity index (χ2v) is 19.1. The second kappa shape index (κ2) is 5.73. The van der Waals surface area contributed by atoms with Crippen LogP contribution >= 0.6 is 143 Å². The van der Waals surface area contributed by atoms with Crippen LogP contribution in [0.2, 0.25) is 0 Å². The molecule has 0 aromatic carbocycles. The van der Waals surface area contributed by atoms with Crippen molar-refractivity contribution in [1.29, 1.82) is 0 Å². The lowest BCUT2D eigenvalue weighted by molar-refractivity contribution is 0.139. The Balaban J connectivity index is 5.30. The van der Waals surface area contributed by atoms with Gasteiger partial charge in [0, 0.05) is 0 Å². The van der Waals surface area contributed by atoms with Crippen LogP contribution in [0, 0.1) is 0 Å². The van der Waals surface area contributed by atoms with Gasteiger partial charge in [-0.05, 0) is 31.9 Å². The van der Waals surface area contributed by atoms with Crippen molar-refractivity contribution in [2.45, 2.75) is 12.0 Å². The molecule has 0 saturated heterocycles. The van der Waals surface area contributed by atoms with E-state index in [0.717, 1.165) is 0 Å². The van der Waals surface area contributed by atoms with Gasteiger partial charge in [-0.25, -0.2) is 5.11 Å². The molecule has 0 amide bonds. The van der Waals surface area contributed by atoms with Gasteiger partial charge < -0.3 is 0 Å². The van der Waals surface area contributed by atoms with Crippen molar-refractivity contribution in [3.05, 3.63) is 0 Å². The molecule has 0 aliphatic rings. The Morgan fingerprint density at radius 1 is 0.571 bits per heavy atom. The Bertz CT molecular complexity index is 186. The van der Waals surface area contributed by atoms with Gasteiger partial charge in [0.1, 0.15) is 3.23 Å². The number of alkyl halides is 9. The van der Waals surface area contributed by atoms with Gasteiger partial charge in [-0.2, -0.15) is 0 Å². The lowest BCUT2D eigenvalue weighted by atomic mass is 10.3. The molecule has 0 unspecified atom stereocenters. The van der Waals surface area contributed by atoms with Crippen molar-refractivity contribution in [1.82, 2.24) is 0 Å². The Morgan fingerprint density at radius 3 is 0.929 bits per heavy atom. The summed E-state index contributed by atoms with van der Waals surface area (Å²) < 4.78 is -4.35. The maximum atomic E-state index is 11.8. The summed E-state index contributed by atoms with van der Waals surface area (Å²) in [5.41, 5.74) is 0. The fourth-order valence-corrected chi connectivity index (χ4v) is 5.66. The third-order valence-corrected chi connectivity index (χ3v) is 16.2. The summed E-state index contributed by atoms with van der Waals surface area (Å²) in [5.74, 6) is 0. The highest BCUT2D eigenvalue weighted by molar-refractivity contribution is 9.42. The summed E-state index contributed by atoms with van der Waals surface area (Å²) in [6.07, 6.45) is 0. The van der Waals surface area contributed by atoms with E-state index in [1.165, 1.54) is 0 Å². The van der Waals surface area contributed by atoms with Gasteiger partial charge in [0.25, 0.3) is 0 Å². The molecule has 14 heavy (non-hydrogen) atoms. The van der Waals surface area contributed by atoms with E-state index < -0.39 is 12.0 Å². The highest BCUT2D eigenvalue weighted by Crippen LogP contribution is 2.67. The van der Waals surface area contributed by atoms with Crippen molar-refractivity contribution < 1.29 is 5.11 Å². The van der Waals surface area contributed by atoms with Crippen LogP contribution in [0.4, 0.5) is 0 Å². The van der Waals surface area contributed by atoms with Crippen molar-refractivity contribution in [3.63, 3.8) is 0 Å². The van der Waals surface area contributed by atoms with E-state index in [2.05, 4.69) is 143 Å². The lowest BCUT2D eigenvalue weighted by Crippen LogP contribution is -2.53. The Hall–Kier alpha value is 4.28. The van der Waals surface area contributed by atoms with Gasteiger partial charge in [0.15, 0.2) is 5.38 Å². The average molecular weight is 783 g/mol. The average Bonchev–Trinajstić information content (AvgIpc) is 1.81. The third-order valence-electron chi connectivity index (χ3n) is 1.12. The Kier molecular flexibility index (Phi) is 7.48. The third kappa shape index (κ3) is 3.88. The van der Waals surface area contributed by atoms with Crippen LogP contribution in [0.5, 0.6) is 0 Å².